The molecule has 5 rings (SSSR count). The molecule has 10 heteroatoms. The summed E-state index contributed by atoms with van der Waals surface area (Å²) >= 11 is 0. The van der Waals surface area contributed by atoms with E-state index in [9.17, 15) is 8.42 Å². The van der Waals surface area contributed by atoms with Gasteiger partial charge in [-0.2, -0.15) is 10.1 Å². The zero-order chi connectivity index (χ0) is 22.8. The molecule has 2 aromatic carbocycles. The summed E-state index contributed by atoms with van der Waals surface area (Å²) < 4.78 is 36.0. The number of hydrogen-bond donors (Lipinski definition) is 1. The van der Waals surface area contributed by atoms with Gasteiger partial charge in [-0.25, -0.2) is 18.1 Å². The number of sulfonamides is 1. The van der Waals surface area contributed by atoms with Crippen molar-refractivity contribution in [3.63, 3.8) is 0 Å². The number of benzene rings is 2. The van der Waals surface area contributed by atoms with Crippen LogP contribution in [0.25, 0.3) is 16.7 Å². The van der Waals surface area contributed by atoms with Crippen molar-refractivity contribution >= 4 is 26.6 Å². The largest absolute Gasteiger partial charge is 0.439 e. The Morgan fingerprint density at radius 2 is 1.76 bits per heavy atom. The maximum absolute atomic E-state index is 13.0. The first-order chi connectivity index (χ1) is 16.0. The fraction of sp³-hybridized carbons (Fsp3) is 0.0435. The van der Waals surface area contributed by atoms with E-state index in [1.165, 1.54) is 6.07 Å². The molecule has 164 valence electrons. The molecule has 0 saturated heterocycles. The highest BCUT2D eigenvalue weighted by atomic mass is 32.2. The van der Waals surface area contributed by atoms with Crippen LogP contribution in [0.3, 0.4) is 0 Å². The molecule has 0 atom stereocenters. The van der Waals surface area contributed by atoms with Gasteiger partial charge in [0, 0.05) is 35.7 Å². The number of nitrogens with one attached hydrogen (secondary N) is 1. The summed E-state index contributed by atoms with van der Waals surface area (Å²) in [5.41, 5.74) is 0.811. The summed E-state index contributed by atoms with van der Waals surface area (Å²) in [6.45, 7) is 1.76. The number of nitrogens with zero attached hydrogens (tertiary/aromatic N) is 5. The number of aromatic nitrogens is 5. The van der Waals surface area contributed by atoms with Gasteiger partial charge in [0.15, 0.2) is 5.82 Å². The number of anilines is 1. The Morgan fingerprint density at radius 1 is 0.939 bits per heavy atom. The summed E-state index contributed by atoms with van der Waals surface area (Å²) in [6.07, 6.45) is 5.00. The van der Waals surface area contributed by atoms with E-state index in [4.69, 9.17) is 4.74 Å². The smallest absolute Gasteiger partial charge is 0.264 e. The lowest BCUT2D eigenvalue weighted by Crippen LogP contribution is -2.13. The van der Waals surface area contributed by atoms with Crippen molar-refractivity contribution in [3.8, 4) is 17.4 Å². The summed E-state index contributed by atoms with van der Waals surface area (Å²) in [6, 6.07) is 18.6. The minimum Gasteiger partial charge on any atom is -0.439 e. The van der Waals surface area contributed by atoms with E-state index in [1.54, 1.807) is 78.7 Å². The molecule has 0 saturated carbocycles. The number of pyridine rings is 1. The van der Waals surface area contributed by atoms with Crippen LogP contribution in [0.15, 0.2) is 90.2 Å². The molecule has 3 aromatic heterocycles. The van der Waals surface area contributed by atoms with E-state index in [2.05, 4.69) is 24.8 Å². The maximum Gasteiger partial charge on any atom is 0.264 e. The highest BCUT2D eigenvalue weighted by Crippen LogP contribution is 2.26. The van der Waals surface area contributed by atoms with Crippen molar-refractivity contribution in [1.82, 2.24) is 24.7 Å². The molecule has 0 amide bonds. The second-order valence-electron chi connectivity index (χ2n) is 7.13. The Hall–Kier alpha value is -4.31. The summed E-state index contributed by atoms with van der Waals surface area (Å²) in [7, 11) is -3.83. The fourth-order valence-corrected chi connectivity index (χ4v) is 4.55. The van der Waals surface area contributed by atoms with Crippen molar-refractivity contribution in [1.29, 1.82) is 0 Å². The topological polar surface area (TPSA) is 112 Å². The van der Waals surface area contributed by atoms with Crippen LogP contribution in [0.5, 0.6) is 11.6 Å². The van der Waals surface area contributed by atoms with E-state index >= 15 is 0 Å². The van der Waals surface area contributed by atoms with Crippen LogP contribution >= 0.6 is 0 Å². The van der Waals surface area contributed by atoms with Gasteiger partial charge in [-0.3, -0.25) is 9.71 Å². The Bertz CT molecular complexity index is 1530. The van der Waals surface area contributed by atoms with E-state index in [-0.39, 0.29) is 4.90 Å². The molecule has 0 aliphatic heterocycles. The first-order valence-electron chi connectivity index (χ1n) is 9.98. The average molecular weight is 459 g/mol. The van der Waals surface area contributed by atoms with Crippen LogP contribution in [0.2, 0.25) is 0 Å². The number of para-hydroxylation sites is 1. The van der Waals surface area contributed by atoms with Crippen molar-refractivity contribution < 1.29 is 13.2 Å². The standard InChI is InChI=1S/C23H18N6O3S/c1-16-26-21(29-14-4-13-25-29)15-22(27-16)32-19-10-8-18(9-11-19)28-33(30,31)20-7-2-5-17-6-3-12-24-23(17)20/h2-15,28H,1H3. The molecule has 9 nitrogen and oxygen atoms in total. The van der Waals surface area contributed by atoms with Gasteiger partial charge < -0.3 is 4.74 Å². The van der Waals surface area contributed by atoms with Crippen LogP contribution < -0.4 is 9.46 Å². The van der Waals surface area contributed by atoms with Crippen molar-refractivity contribution in [2.24, 2.45) is 0 Å². The third kappa shape index (κ3) is 4.37. The molecule has 5 aromatic rings. The quantitative estimate of drug-likeness (QED) is 0.407. The lowest BCUT2D eigenvalue weighted by atomic mass is 10.2. The van der Waals surface area contributed by atoms with Crippen LogP contribution in [-0.4, -0.2) is 33.2 Å². The van der Waals surface area contributed by atoms with Crippen molar-refractivity contribution in [2.75, 3.05) is 4.72 Å². The first-order valence-corrected chi connectivity index (χ1v) is 11.5. The molecule has 1 N–H and O–H groups in total. The number of fused-ring (bicyclic) bond motifs is 1. The maximum atomic E-state index is 13.0. The fourth-order valence-electron chi connectivity index (χ4n) is 3.31. The van der Waals surface area contributed by atoms with Crippen LogP contribution in [0.4, 0.5) is 5.69 Å². The second kappa shape index (κ2) is 8.32. The van der Waals surface area contributed by atoms with Crippen molar-refractivity contribution in [2.45, 2.75) is 11.8 Å². The van der Waals surface area contributed by atoms with Gasteiger partial charge in [-0.05, 0) is 49.4 Å². The molecule has 0 aliphatic carbocycles. The zero-order valence-corrected chi connectivity index (χ0v) is 18.3. The lowest BCUT2D eigenvalue weighted by Gasteiger charge is -2.11. The predicted molar refractivity (Wildman–Crippen MR) is 123 cm³/mol. The monoisotopic (exact) mass is 458 g/mol. The van der Waals surface area contributed by atoms with Crippen molar-refractivity contribution in [3.05, 3.63) is 91.1 Å². The molecule has 0 radical (unpaired) electrons. The number of ether oxygens (including phenoxy) is 1. The van der Waals surface area contributed by atoms with E-state index < -0.39 is 10.0 Å². The third-order valence-corrected chi connectivity index (χ3v) is 6.17. The Kier molecular flexibility index (Phi) is 5.19. The molecule has 33 heavy (non-hydrogen) atoms. The molecule has 0 fully saturated rings. The van der Waals surface area contributed by atoms with Crippen LogP contribution in [0.1, 0.15) is 5.82 Å². The summed E-state index contributed by atoms with van der Waals surface area (Å²) in [5, 5.41) is 4.92. The molecule has 0 spiro atoms. The average Bonchev–Trinajstić information content (AvgIpc) is 3.35. The van der Waals surface area contributed by atoms with Gasteiger partial charge >= 0.3 is 0 Å². The lowest BCUT2D eigenvalue weighted by molar-refractivity contribution is 0.459. The van der Waals surface area contributed by atoms with E-state index in [0.29, 0.717) is 34.5 Å². The van der Waals surface area contributed by atoms with Crippen LogP contribution in [0, 0.1) is 6.92 Å². The number of aryl methyl sites for hydroxylation is 1. The van der Waals surface area contributed by atoms with Gasteiger partial charge in [0.25, 0.3) is 10.0 Å². The minimum absolute atomic E-state index is 0.114. The zero-order valence-electron chi connectivity index (χ0n) is 17.5. The second-order valence-corrected chi connectivity index (χ2v) is 8.78. The minimum atomic E-state index is -3.83. The van der Waals surface area contributed by atoms with Gasteiger partial charge in [0.1, 0.15) is 16.5 Å². The molecule has 3 heterocycles. The van der Waals surface area contributed by atoms with E-state index in [0.717, 1.165) is 5.39 Å². The first kappa shape index (κ1) is 20.6. The number of hydrogen-bond acceptors (Lipinski definition) is 7. The van der Waals surface area contributed by atoms with Gasteiger partial charge in [0.2, 0.25) is 5.88 Å². The third-order valence-electron chi connectivity index (χ3n) is 4.75. The van der Waals surface area contributed by atoms with Gasteiger partial charge in [-0.15, -0.1) is 0 Å². The SMILES string of the molecule is Cc1nc(Oc2ccc(NS(=O)(=O)c3cccc4cccnc34)cc2)cc(-n2cccn2)n1. The molecule has 0 bridgehead atoms. The summed E-state index contributed by atoms with van der Waals surface area (Å²) in [5.74, 6) is 1.96. The summed E-state index contributed by atoms with van der Waals surface area (Å²) in [4.78, 5) is 13.0. The normalized spacial score (nSPS) is 11.4. The van der Waals surface area contributed by atoms with E-state index in [1.807, 2.05) is 12.1 Å². The van der Waals surface area contributed by atoms with Gasteiger partial charge in [-0.1, -0.05) is 18.2 Å². The van der Waals surface area contributed by atoms with Gasteiger partial charge in [0.05, 0.1) is 5.52 Å². The highest BCUT2D eigenvalue weighted by Gasteiger charge is 2.18. The molecular formula is C23H18N6O3S. The highest BCUT2D eigenvalue weighted by molar-refractivity contribution is 7.93. The Morgan fingerprint density at radius 3 is 2.55 bits per heavy atom. The Labute approximate surface area is 189 Å². The molecular weight excluding hydrogens is 440 g/mol. The Balaban J connectivity index is 1.36. The number of rotatable bonds is 6. The van der Waals surface area contributed by atoms with Crippen LogP contribution in [-0.2, 0) is 10.0 Å². The molecule has 0 unspecified atom stereocenters. The predicted octanol–water partition coefficient (Wildman–Crippen LogP) is 4.11. The molecule has 0 aliphatic rings.